The van der Waals surface area contributed by atoms with Gasteiger partial charge in [0.25, 0.3) is 0 Å². The SMILES string of the molecule is CC(C)(C)OC(=O)NC1CCN(c2cc(Cl)ccc2CN2CCNCC2)C1. The summed E-state index contributed by atoms with van der Waals surface area (Å²) in [4.78, 5) is 16.8. The van der Waals surface area contributed by atoms with Gasteiger partial charge in [-0.3, -0.25) is 4.90 Å². The Hall–Kier alpha value is -1.50. The van der Waals surface area contributed by atoms with Crippen molar-refractivity contribution in [2.75, 3.05) is 44.2 Å². The van der Waals surface area contributed by atoms with Gasteiger partial charge in [-0.2, -0.15) is 0 Å². The van der Waals surface area contributed by atoms with E-state index in [1.165, 1.54) is 11.3 Å². The summed E-state index contributed by atoms with van der Waals surface area (Å²) in [5.74, 6) is 0. The van der Waals surface area contributed by atoms with Crippen molar-refractivity contribution in [2.45, 2.75) is 45.4 Å². The smallest absolute Gasteiger partial charge is 0.407 e. The van der Waals surface area contributed by atoms with Crippen LogP contribution in [-0.4, -0.2) is 61.9 Å². The molecule has 0 aliphatic carbocycles. The third kappa shape index (κ3) is 5.99. The number of nitrogens with one attached hydrogen (secondary N) is 2. The molecular weight excluding hydrogens is 364 g/mol. The van der Waals surface area contributed by atoms with Gasteiger partial charge in [-0.15, -0.1) is 0 Å². The first-order chi connectivity index (χ1) is 12.8. The summed E-state index contributed by atoms with van der Waals surface area (Å²) in [6.07, 6.45) is 0.556. The van der Waals surface area contributed by atoms with E-state index in [1.807, 2.05) is 26.8 Å². The standard InChI is InChI=1S/C20H31ClN4O2/c1-20(2,3)27-19(26)23-17-6-9-25(14-17)18-12-16(21)5-4-15(18)13-24-10-7-22-8-11-24/h4-5,12,17,22H,6-11,13-14H2,1-3H3,(H,23,26). The van der Waals surface area contributed by atoms with Gasteiger partial charge in [0.15, 0.2) is 0 Å². The lowest BCUT2D eigenvalue weighted by atomic mass is 10.1. The highest BCUT2D eigenvalue weighted by Crippen LogP contribution is 2.29. The van der Waals surface area contributed by atoms with Crippen molar-refractivity contribution in [3.63, 3.8) is 0 Å². The number of carbonyl (C=O) groups excluding carboxylic acids is 1. The molecule has 0 radical (unpaired) electrons. The van der Waals surface area contributed by atoms with Gasteiger partial charge in [0, 0.05) is 56.5 Å². The fraction of sp³-hybridized carbons (Fsp3) is 0.650. The predicted octanol–water partition coefficient (Wildman–Crippen LogP) is 2.85. The number of piperazine rings is 1. The van der Waals surface area contributed by atoms with Crippen molar-refractivity contribution < 1.29 is 9.53 Å². The van der Waals surface area contributed by atoms with Crippen LogP contribution in [0.1, 0.15) is 32.8 Å². The average Bonchev–Trinajstić information content (AvgIpc) is 3.04. The maximum absolute atomic E-state index is 12.1. The Bertz CT molecular complexity index is 656. The van der Waals surface area contributed by atoms with Gasteiger partial charge in [0.1, 0.15) is 5.60 Å². The molecule has 2 saturated heterocycles. The lowest BCUT2D eigenvalue weighted by molar-refractivity contribution is 0.0509. The summed E-state index contributed by atoms with van der Waals surface area (Å²) < 4.78 is 5.38. The molecule has 2 aliphatic heterocycles. The fourth-order valence-electron chi connectivity index (χ4n) is 3.65. The largest absolute Gasteiger partial charge is 0.444 e. The number of carbonyl (C=O) groups is 1. The molecule has 0 saturated carbocycles. The quantitative estimate of drug-likeness (QED) is 0.822. The fourth-order valence-corrected chi connectivity index (χ4v) is 3.81. The molecule has 6 nitrogen and oxygen atoms in total. The van der Waals surface area contributed by atoms with Crippen LogP contribution in [-0.2, 0) is 11.3 Å². The van der Waals surface area contributed by atoms with Gasteiger partial charge >= 0.3 is 6.09 Å². The van der Waals surface area contributed by atoms with E-state index in [4.69, 9.17) is 16.3 Å². The van der Waals surface area contributed by atoms with Gasteiger partial charge in [-0.25, -0.2) is 4.79 Å². The summed E-state index contributed by atoms with van der Waals surface area (Å²) in [7, 11) is 0. The van der Waals surface area contributed by atoms with E-state index < -0.39 is 5.60 Å². The van der Waals surface area contributed by atoms with Crippen molar-refractivity contribution >= 4 is 23.4 Å². The molecule has 2 heterocycles. The van der Waals surface area contributed by atoms with Crippen molar-refractivity contribution in [1.29, 1.82) is 0 Å². The Balaban J connectivity index is 1.64. The van der Waals surface area contributed by atoms with E-state index in [9.17, 15) is 4.79 Å². The topological polar surface area (TPSA) is 56.8 Å². The number of alkyl carbamates (subject to hydrolysis) is 1. The third-order valence-corrected chi connectivity index (χ3v) is 5.14. The second-order valence-corrected chi connectivity index (χ2v) is 8.81. The monoisotopic (exact) mass is 394 g/mol. The minimum atomic E-state index is -0.480. The summed E-state index contributed by atoms with van der Waals surface area (Å²) in [6.45, 7) is 12.4. The summed E-state index contributed by atoms with van der Waals surface area (Å²) in [6, 6.07) is 6.24. The van der Waals surface area contributed by atoms with Crippen LogP contribution < -0.4 is 15.5 Å². The number of nitrogens with zero attached hydrogens (tertiary/aromatic N) is 2. The second-order valence-electron chi connectivity index (χ2n) is 8.38. The average molecular weight is 395 g/mol. The van der Waals surface area contributed by atoms with E-state index in [-0.39, 0.29) is 12.1 Å². The molecule has 27 heavy (non-hydrogen) atoms. The van der Waals surface area contributed by atoms with Gasteiger partial charge in [-0.05, 0) is 44.9 Å². The number of halogens is 1. The molecule has 0 aromatic heterocycles. The van der Waals surface area contributed by atoms with Crippen LogP contribution in [0.4, 0.5) is 10.5 Å². The Morgan fingerprint density at radius 2 is 2.04 bits per heavy atom. The third-order valence-electron chi connectivity index (χ3n) is 4.90. The molecule has 3 rings (SSSR count). The molecule has 1 unspecified atom stereocenters. The van der Waals surface area contributed by atoms with E-state index in [0.29, 0.717) is 0 Å². The van der Waals surface area contributed by atoms with Crippen LogP contribution in [0.2, 0.25) is 5.02 Å². The highest BCUT2D eigenvalue weighted by atomic mass is 35.5. The highest BCUT2D eigenvalue weighted by Gasteiger charge is 2.28. The minimum absolute atomic E-state index is 0.0888. The van der Waals surface area contributed by atoms with Crippen LogP contribution in [0.25, 0.3) is 0 Å². The maximum Gasteiger partial charge on any atom is 0.407 e. The molecular formula is C20H31ClN4O2. The van der Waals surface area contributed by atoms with E-state index >= 15 is 0 Å². The number of hydrogen-bond donors (Lipinski definition) is 2. The zero-order valence-corrected chi connectivity index (χ0v) is 17.3. The minimum Gasteiger partial charge on any atom is -0.444 e. The molecule has 2 aliphatic rings. The Labute approximate surface area is 167 Å². The Kier molecular flexibility index (Phi) is 6.50. The Morgan fingerprint density at radius 1 is 1.30 bits per heavy atom. The van der Waals surface area contributed by atoms with Crippen LogP contribution in [0.5, 0.6) is 0 Å². The number of ether oxygens (including phenoxy) is 1. The van der Waals surface area contributed by atoms with Crippen LogP contribution >= 0.6 is 11.6 Å². The van der Waals surface area contributed by atoms with Crippen LogP contribution in [0.3, 0.4) is 0 Å². The molecule has 2 fully saturated rings. The number of anilines is 1. The van der Waals surface area contributed by atoms with Gasteiger partial charge < -0.3 is 20.3 Å². The predicted molar refractivity (Wildman–Crippen MR) is 110 cm³/mol. The highest BCUT2D eigenvalue weighted by molar-refractivity contribution is 6.30. The number of benzene rings is 1. The number of amides is 1. The Morgan fingerprint density at radius 3 is 2.74 bits per heavy atom. The van der Waals surface area contributed by atoms with Gasteiger partial charge in [0.05, 0.1) is 6.04 Å². The molecule has 7 heteroatoms. The molecule has 1 aromatic rings. The first-order valence-corrected chi connectivity index (χ1v) is 10.1. The molecule has 2 N–H and O–H groups in total. The lowest BCUT2D eigenvalue weighted by Crippen LogP contribution is -2.43. The summed E-state index contributed by atoms with van der Waals surface area (Å²) >= 11 is 6.29. The van der Waals surface area contributed by atoms with Crippen molar-refractivity contribution in [3.05, 3.63) is 28.8 Å². The zero-order valence-electron chi connectivity index (χ0n) is 16.6. The van der Waals surface area contributed by atoms with E-state index in [0.717, 1.165) is 57.3 Å². The molecule has 0 spiro atoms. The summed E-state index contributed by atoms with van der Waals surface area (Å²) in [5.41, 5.74) is 1.99. The number of hydrogen-bond acceptors (Lipinski definition) is 5. The van der Waals surface area contributed by atoms with Crippen molar-refractivity contribution in [2.24, 2.45) is 0 Å². The normalized spacial score (nSPS) is 21.3. The maximum atomic E-state index is 12.1. The summed E-state index contributed by atoms with van der Waals surface area (Å²) in [5, 5.41) is 7.14. The van der Waals surface area contributed by atoms with E-state index in [2.05, 4.69) is 32.6 Å². The van der Waals surface area contributed by atoms with Crippen molar-refractivity contribution in [1.82, 2.24) is 15.5 Å². The number of rotatable bonds is 4. The lowest BCUT2D eigenvalue weighted by Gasteiger charge is -2.30. The molecule has 1 amide bonds. The van der Waals surface area contributed by atoms with E-state index in [1.54, 1.807) is 0 Å². The van der Waals surface area contributed by atoms with Crippen LogP contribution in [0.15, 0.2) is 18.2 Å². The molecule has 0 bridgehead atoms. The molecule has 150 valence electrons. The zero-order chi connectivity index (χ0) is 19.4. The first-order valence-electron chi connectivity index (χ1n) is 9.76. The molecule has 1 atom stereocenters. The van der Waals surface area contributed by atoms with Gasteiger partial charge in [0.2, 0.25) is 0 Å². The van der Waals surface area contributed by atoms with Gasteiger partial charge in [-0.1, -0.05) is 17.7 Å². The second kappa shape index (κ2) is 8.67. The molecule has 1 aromatic carbocycles. The first kappa shape index (κ1) is 20.2. The van der Waals surface area contributed by atoms with Crippen molar-refractivity contribution in [3.8, 4) is 0 Å². The van der Waals surface area contributed by atoms with Crippen LogP contribution in [0, 0.1) is 0 Å².